The van der Waals surface area contributed by atoms with Crippen molar-refractivity contribution in [2.45, 2.75) is 0 Å². The Kier molecular flexibility index (Phi) is 7.03. The van der Waals surface area contributed by atoms with E-state index in [4.69, 9.17) is 14.2 Å². The van der Waals surface area contributed by atoms with Crippen LogP contribution in [0.4, 0.5) is 5.69 Å². The second-order valence-electron chi connectivity index (χ2n) is 6.06. The first-order valence-corrected chi connectivity index (χ1v) is 8.50. The highest BCUT2D eigenvalue weighted by molar-refractivity contribution is 6.02. The van der Waals surface area contributed by atoms with Crippen molar-refractivity contribution in [3.8, 4) is 17.2 Å². The van der Waals surface area contributed by atoms with Crippen molar-refractivity contribution in [3.05, 3.63) is 53.6 Å². The van der Waals surface area contributed by atoms with Gasteiger partial charge in [0.1, 0.15) is 0 Å². The molecule has 2 rings (SSSR count). The number of hydrogen-bond donors (Lipinski definition) is 1. The van der Waals surface area contributed by atoms with E-state index in [2.05, 4.69) is 5.32 Å². The zero-order valence-electron chi connectivity index (χ0n) is 16.6. The summed E-state index contributed by atoms with van der Waals surface area (Å²) >= 11 is 0. The predicted octanol–water partition coefficient (Wildman–Crippen LogP) is 3.07. The van der Waals surface area contributed by atoms with Crippen molar-refractivity contribution in [1.29, 1.82) is 0 Å². The summed E-state index contributed by atoms with van der Waals surface area (Å²) in [6.45, 7) is 0. The monoisotopic (exact) mass is 384 g/mol. The van der Waals surface area contributed by atoms with Crippen molar-refractivity contribution in [2.24, 2.45) is 0 Å². The maximum absolute atomic E-state index is 12.2. The predicted molar refractivity (Wildman–Crippen MR) is 108 cm³/mol. The number of nitrogens with one attached hydrogen (secondary N) is 1. The molecule has 2 amide bonds. The zero-order valence-corrected chi connectivity index (χ0v) is 16.6. The zero-order chi connectivity index (χ0) is 20.7. The smallest absolute Gasteiger partial charge is 0.253 e. The Balaban J connectivity index is 2.10. The van der Waals surface area contributed by atoms with Gasteiger partial charge < -0.3 is 24.4 Å². The fourth-order valence-corrected chi connectivity index (χ4v) is 2.51. The quantitative estimate of drug-likeness (QED) is 0.743. The van der Waals surface area contributed by atoms with Crippen LogP contribution in [-0.2, 0) is 4.79 Å². The molecule has 0 bridgehead atoms. The Morgan fingerprint density at radius 1 is 0.929 bits per heavy atom. The van der Waals surface area contributed by atoms with Gasteiger partial charge >= 0.3 is 0 Å². The molecule has 0 fully saturated rings. The molecule has 0 atom stereocenters. The van der Waals surface area contributed by atoms with Gasteiger partial charge in [0.05, 0.1) is 21.3 Å². The number of carbonyl (C=O) groups is 2. The molecule has 148 valence electrons. The number of carbonyl (C=O) groups excluding carboxylic acids is 2. The third-order valence-corrected chi connectivity index (χ3v) is 3.92. The molecular weight excluding hydrogens is 360 g/mol. The lowest BCUT2D eigenvalue weighted by Gasteiger charge is -2.12. The summed E-state index contributed by atoms with van der Waals surface area (Å²) in [6, 6.07) is 10.2. The van der Waals surface area contributed by atoms with Gasteiger partial charge in [0.2, 0.25) is 11.7 Å². The average Bonchev–Trinajstić information content (AvgIpc) is 2.71. The van der Waals surface area contributed by atoms with Gasteiger partial charge in [0.15, 0.2) is 11.5 Å². The van der Waals surface area contributed by atoms with Crippen molar-refractivity contribution in [2.75, 3.05) is 40.7 Å². The molecule has 0 unspecified atom stereocenters. The summed E-state index contributed by atoms with van der Waals surface area (Å²) in [4.78, 5) is 25.6. The first-order chi connectivity index (χ1) is 13.4. The van der Waals surface area contributed by atoms with Gasteiger partial charge in [-0.05, 0) is 48.0 Å². The number of anilines is 1. The second-order valence-corrected chi connectivity index (χ2v) is 6.06. The standard InChI is InChI=1S/C21H24N2O5/c1-23(2)21(25)15-7-9-16(10-8-15)22-19(24)11-6-14-12-17(26-3)20(28-5)18(13-14)27-4/h6-13H,1-5H3,(H,22,24)/b11-6+. The minimum absolute atomic E-state index is 0.0971. The van der Waals surface area contributed by atoms with Crippen LogP contribution in [0.25, 0.3) is 6.08 Å². The number of benzene rings is 2. The fraction of sp³-hybridized carbons (Fsp3) is 0.238. The Hall–Kier alpha value is -3.48. The first-order valence-electron chi connectivity index (χ1n) is 8.50. The van der Waals surface area contributed by atoms with E-state index in [1.54, 1.807) is 56.6 Å². The van der Waals surface area contributed by atoms with E-state index in [9.17, 15) is 9.59 Å². The van der Waals surface area contributed by atoms with Gasteiger partial charge in [0, 0.05) is 31.4 Å². The van der Waals surface area contributed by atoms with Crippen molar-refractivity contribution in [3.63, 3.8) is 0 Å². The van der Waals surface area contributed by atoms with Crippen LogP contribution < -0.4 is 19.5 Å². The van der Waals surface area contributed by atoms with E-state index < -0.39 is 0 Å². The average molecular weight is 384 g/mol. The molecule has 0 aliphatic rings. The van der Waals surface area contributed by atoms with Crippen LogP contribution in [0.2, 0.25) is 0 Å². The fourth-order valence-electron chi connectivity index (χ4n) is 2.51. The van der Waals surface area contributed by atoms with Crippen LogP contribution in [-0.4, -0.2) is 52.1 Å². The van der Waals surface area contributed by atoms with Crippen LogP contribution in [0.3, 0.4) is 0 Å². The second kappa shape index (κ2) is 9.45. The molecule has 7 nitrogen and oxygen atoms in total. The minimum Gasteiger partial charge on any atom is -0.493 e. The number of amides is 2. The molecule has 0 heterocycles. The summed E-state index contributed by atoms with van der Waals surface area (Å²) in [6.07, 6.45) is 3.04. The van der Waals surface area contributed by atoms with E-state index in [1.165, 1.54) is 32.3 Å². The topological polar surface area (TPSA) is 77.1 Å². The lowest BCUT2D eigenvalue weighted by atomic mass is 10.1. The third kappa shape index (κ3) is 5.03. The summed E-state index contributed by atoms with van der Waals surface area (Å²) in [5, 5.41) is 2.75. The van der Waals surface area contributed by atoms with E-state index >= 15 is 0 Å². The highest BCUT2D eigenvalue weighted by Crippen LogP contribution is 2.38. The summed E-state index contributed by atoms with van der Waals surface area (Å²) in [5.74, 6) is 1.09. The van der Waals surface area contributed by atoms with Gasteiger partial charge in [-0.15, -0.1) is 0 Å². The van der Waals surface area contributed by atoms with Gasteiger partial charge in [-0.1, -0.05) is 0 Å². The van der Waals surface area contributed by atoms with Crippen LogP contribution in [0.1, 0.15) is 15.9 Å². The Morgan fingerprint density at radius 2 is 1.50 bits per heavy atom. The number of rotatable bonds is 7. The molecular formula is C21H24N2O5. The van der Waals surface area contributed by atoms with Crippen molar-refractivity contribution >= 4 is 23.6 Å². The molecule has 0 aromatic heterocycles. The Morgan fingerprint density at radius 3 is 1.96 bits per heavy atom. The molecule has 2 aromatic rings. The van der Waals surface area contributed by atoms with Crippen LogP contribution in [0, 0.1) is 0 Å². The highest BCUT2D eigenvalue weighted by atomic mass is 16.5. The van der Waals surface area contributed by atoms with E-state index in [0.29, 0.717) is 28.5 Å². The summed E-state index contributed by atoms with van der Waals surface area (Å²) < 4.78 is 15.9. The number of hydrogen-bond acceptors (Lipinski definition) is 5. The Labute approximate surface area is 164 Å². The lowest BCUT2D eigenvalue weighted by Crippen LogP contribution is -2.21. The minimum atomic E-state index is -0.305. The van der Waals surface area contributed by atoms with Crippen molar-refractivity contribution in [1.82, 2.24) is 4.90 Å². The molecule has 7 heteroatoms. The van der Waals surface area contributed by atoms with Crippen molar-refractivity contribution < 1.29 is 23.8 Å². The third-order valence-electron chi connectivity index (χ3n) is 3.92. The normalized spacial score (nSPS) is 10.5. The summed E-state index contributed by atoms with van der Waals surface area (Å²) in [5.41, 5.74) is 1.86. The maximum atomic E-state index is 12.2. The number of methoxy groups -OCH3 is 3. The van der Waals surface area contributed by atoms with Gasteiger partial charge in [-0.3, -0.25) is 9.59 Å². The highest BCUT2D eigenvalue weighted by Gasteiger charge is 2.12. The number of ether oxygens (including phenoxy) is 3. The summed E-state index contributed by atoms with van der Waals surface area (Å²) in [7, 11) is 7.96. The SMILES string of the molecule is COc1cc(/C=C/C(=O)Nc2ccc(C(=O)N(C)C)cc2)cc(OC)c1OC. The van der Waals surface area contributed by atoms with E-state index in [-0.39, 0.29) is 11.8 Å². The van der Waals surface area contributed by atoms with E-state index in [0.717, 1.165) is 5.56 Å². The molecule has 0 saturated carbocycles. The van der Waals surface area contributed by atoms with E-state index in [1.807, 2.05) is 0 Å². The maximum Gasteiger partial charge on any atom is 0.253 e. The molecule has 2 aromatic carbocycles. The lowest BCUT2D eigenvalue weighted by molar-refractivity contribution is -0.111. The molecule has 0 saturated heterocycles. The first kappa shape index (κ1) is 20.8. The molecule has 1 N–H and O–H groups in total. The van der Waals surface area contributed by atoms with Gasteiger partial charge in [-0.25, -0.2) is 0 Å². The van der Waals surface area contributed by atoms with Gasteiger partial charge in [0.25, 0.3) is 5.91 Å². The largest absolute Gasteiger partial charge is 0.493 e. The molecule has 0 radical (unpaired) electrons. The molecule has 28 heavy (non-hydrogen) atoms. The molecule has 0 aliphatic carbocycles. The molecule has 0 spiro atoms. The number of nitrogens with zero attached hydrogens (tertiary/aromatic N) is 1. The van der Waals surface area contributed by atoms with Crippen LogP contribution in [0.15, 0.2) is 42.5 Å². The van der Waals surface area contributed by atoms with Crippen LogP contribution >= 0.6 is 0 Å². The van der Waals surface area contributed by atoms with Gasteiger partial charge in [-0.2, -0.15) is 0 Å². The molecule has 0 aliphatic heterocycles. The Bertz CT molecular complexity index is 848. The van der Waals surface area contributed by atoms with Crippen LogP contribution in [0.5, 0.6) is 17.2 Å².